The van der Waals surface area contributed by atoms with E-state index in [9.17, 15) is 13.2 Å². The second-order valence-electron chi connectivity index (χ2n) is 7.78. The summed E-state index contributed by atoms with van der Waals surface area (Å²) >= 11 is 0. The topological polar surface area (TPSA) is 79.4 Å². The van der Waals surface area contributed by atoms with Crippen molar-refractivity contribution < 1.29 is 22.7 Å². The average molecular weight is 476 g/mol. The molecule has 0 N–H and O–H groups in total. The molecule has 1 aliphatic rings. The van der Waals surface area contributed by atoms with Crippen molar-refractivity contribution in [3.05, 3.63) is 48.0 Å². The van der Waals surface area contributed by atoms with E-state index in [1.54, 1.807) is 31.9 Å². The quantitative estimate of drug-likeness (QED) is 0.584. The molecule has 3 rings (SSSR count). The highest BCUT2D eigenvalue weighted by Gasteiger charge is 2.27. The van der Waals surface area contributed by atoms with Gasteiger partial charge in [-0.3, -0.25) is 4.79 Å². The molecule has 0 spiro atoms. The molecular formula is C24H33N3O5S. The second kappa shape index (κ2) is 10.9. The summed E-state index contributed by atoms with van der Waals surface area (Å²) in [5.74, 6) is 0.951. The molecule has 0 radical (unpaired) electrons. The number of ether oxygens (including phenoxy) is 2. The minimum Gasteiger partial charge on any atom is -0.497 e. The molecule has 2 aromatic rings. The van der Waals surface area contributed by atoms with Gasteiger partial charge in [-0.1, -0.05) is 13.8 Å². The summed E-state index contributed by atoms with van der Waals surface area (Å²) in [6.07, 6.45) is 0.803. The molecule has 8 nitrogen and oxygen atoms in total. The first kappa shape index (κ1) is 24.9. The molecule has 1 amide bonds. The van der Waals surface area contributed by atoms with Crippen LogP contribution in [-0.2, 0) is 10.0 Å². The fraction of sp³-hybridized carbons (Fsp3) is 0.458. The Labute approximate surface area is 196 Å². The van der Waals surface area contributed by atoms with Gasteiger partial charge in [-0.15, -0.1) is 0 Å². The van der Waals surface area contributed by atoms with E-state index in [0.717, 1.165) is 24.4 Å². The van der Waals surface area contributed by atoms with E-state index >= 15 is 0 Å². The Morgan fingerprint density at radius 2 is 1.64 bits per heavy atom. The van der Waals surface area contributed by atoms with Crippen LogP contribution < -0.4 is 14.4 Å². The monoisotopic (exact) mass is 475 g/mol. The zero-order valence-electron chi connectivity index (χ0n) is 19.8. The maximum Gasteiger partial charge on any atom is 0.257 e. The van der Waals surface area contributed by atoms with Gasteiger partial charge in [0.05, 0.1) is 24.7 Å². The maximum atomic E-state index is 13.4. The van der Waals surface area contributed by atoms with Crippen molar-refractivity contribution in [1.29, 1.82) is 0 Å². The van der Waals surface area contributed by atoms with Crippen LogP contribution in [0.15, 0.2) is 47.4 Å². The Morgan fingerprint density at radius 3 is 2.24 bits per heavy atom. The van der Waals surface area contributed by atoms with Gasteiger partial charge in [-0.25, -0.2) is 8.42 Å². The van der Waals surface area contributed by atoms with Crippen LogP contribution in [0.5, 0.6) is 11.5 Å². The highest BCUT2D eigenvalue weighted by Crippen LogP contribution is 2.27. The van der Waals surface area contributed by atoms with Gasteiger partial charge in [-0.2, -0.15) is 4.31 Å². The smallest absolute Gasteiger partial charge is 0.257 e. The molecule has 0 aliphatic carbocycles. The van der Waals surface area contributed by atoms with Gasteiger partial charge in [-0.05, 0) is 48.9 Å². The molecule has 0 saturated carbocycles. The molecule has 9 heteroatoms. The van der Waals surface area contributed by atoms with Crippen LogP contribution in [0, 0.1) is 0 Å². The fourth-order valence-corrected chi connectivity index (χ4v) is 5.55. The van der Waals surface area contributed by atoms with Crippen LogP contribution in [0.4, 0.5) is 5.69 Å². The lowest BCUT2D eigenvalue weighted by Crippen LogP contribution is -2.35. The Morgan fingerprint density at radius 1 is 0.939 bits per heavy atom. The van der Waals surface area contributed by atoms with Crippen molar-refractivity contribution in [3.8, 4) is 11.5 Å². The Hall–Kier alpha value is -2.78. The van der Waals surface area contributed by atoms with E-state index < -0.39 is 10.0 Å². The normalized spacial score (nSPS) is 14.8. The highest BCUT2D eigenvalue weighted by atomic mass is 32.2. The fourth-order valence-electron chi connectivity index (χ4n) is 4.07. The van der Waals surface area contributed by atoms with Crippen LogP contribution in [0.2, 0.25) is 0 Å². The van der Waals surface area contributed by atoms with Crippen molar-refractivity contribution in [3.63, 3.8) is 0 Å². The Kier molecular flexibility index (Phi) is 8.20. The molecule has 0 unspecified atom stereocenters. The predicted octanol–water partition coefficient (Wildman–Crippen LogP) is 3.09. The third-order valence-corrected chi connectivity index (χ3v) is 8.01. The van der Waals surface area contributed by atoms with Gasteiger partial charge in [0, 0.05) is 45.0 Å². The summed E-state index contributed by atoms with van der Waals surface area (Å²) in [5.41, 5.74) is 1.35. The van der Waals surface area contributed by atoms with Gasteiger partial charge in [0.15, 0.2) is 0 Å². The molecule has 33 heavy (non-hydrogen) atoms. The lowest BCUT2D eigenvalue weighted by atomic mass is 10.1. The first-order valence-corrected chi connectivity index (χ1v) is 12.7. The summed E-state index contributed by atoms with van der Waals surface area (Å²) < 4.78 is 38.0. The van der Waals surface area contributed by atoms with E-state index in [2.05, 4.69) is 4.90 Å². The summed E-state index contributed by atoms with van der Waals surface area (Å²) in [5, 5.41) is 0. The van der Waals surface area contributed by atoms with Crippen molar-refractivity contribution in [1.82, 2.24) is 9.21 Å². The lowest BCUT2D eigenvalue weighted by molar-refractivity contribution is 0.0763. The summed E-state index contributed by atoms with van der Waals surface area (Å²) in [7, 11) is -0.558. The third-order valence-electron chi connectivity index (χ3n) is 5.97. The predicted molar refractivity (Wildman–Crippen MR) is 129 cm³/mol. The van der Waals surface area contributed by atoms with Crippen molar-refractivity contribution in [2.45, 2.75) is 25.2 Å². The molecule has 1 saturated heterocycles. The van der Waals surface area contributed by atoms with Gasteiger partial charge in [0.1, 0.15) is 11.5 Å². The van der Waals surface area contributed by atoms with Crippen molar-refractivity contribution >= 4 is 21.6 Å². The summed E-state index contributed by atoms with van der Waals surface area (Å²) in [4.78, 5) is 17.6. The number of carbonyl (C=O) groups excluding carboxylic acids is 1. The van der Waals surface area contributed by atoms with E-state index in [1.807, 2.05) is 24.3 Å². The number of amides is 1. The van der Waals surface area contributed by atoms with Crippen LogP contribution in [0.25, 0.3) is 0 Å². The SMILES string of the molecule is CCN(CC)S(=O)(=O)c1ccc(OC)c(C(=O)N2CCCN(c3ccc(OC)cc3)CC2)c1. The number of hydrogen-bond acceptors (Lipinski definition) is 6. The summed E-state index contributed by atoms with van der Waals surface area (Å²) in [6, 6.07) is 12.4. The third kappa shape index (κ3) is 5.42. The van der Waals surface area contributed by atoms with E-state index in [-0.39, 0.29) is 16.4 Å². The van der Waals surface area contributed by atoms with Crippen LogP contribution in [-0.4, -0.2) is 77.0 Å². The standard InChI is InChI=1S/C24H33N3O5S/c1-5-27(6-2)33(29,30)21-12-13-23(32-4)22(18-21)24(28)26-15-7-14-25(16-17-26)19-8-10-20(31-3)11-9-19/h8-13,18H,5-7,14-17H2,1-4H3. The van der Waals surface area contributed by atoms with Gasteiger partial charge in [0.2, 0.25) is 10.0 Å². The minimum absolute atomic E-state index is 0.102. The molecule has 1 fully saturated rings. The van der Waals surface area contributed by atoms with Gasteiger partial charge < -0.3 is 19.3 Å². The molecule has 0 atom stereocenters. The van der Waals surface area contributed by atoms with Crippen LogP contribution >= 0.6 is 0 Å². The van der Waals surface area contributed by atoms with Gasteiger partial charge >= 0.3 is 0 Å². The molecule has 1 aliphatic heterocycles. The number of carbonyl (C=O) groups is 1. The molecule has 180 valence electrons. The number of benzene rings is 2. The Balaban J connectivity index is 1.82. The van der Waals surface area contributed by atoms with Crippen LogP contribution in [0.3, 0.4) is 0 Å². The van der Waals surface area contributed by atoms with E-state index in [0.29, 0.717) is 38.5 Å². The first-order valence-electron chi connectivity index (χ1n) is 11.2. The molecule has 2 aromatic carbocycles. The zero-order valence-corrected chi connectivity index (χ0v) is 20.6. The minimum atomic E-state index is -3.68. The number of rotatable bonds is 8. The molecule has 0 bridgehead atoms. The Bertz CT molecular complexity index is 1050. The molecular weight excluding hydrogens is 442 g/mol. The van der Waals surface area contributed by atoms with Crippen LogP contribution in [0.1, 0.15) is 30.6 Å². The second-order valence-corrected chi connectivity index (χ2v) is 9.72. The number of nitrogens with zero attached hydrogens (tertiary/aromatic N) is 3. The zero-order chi connectivity index (χ0) is 24.0. The van der Waals surface area contributed by atoms with Crippen molar-refractivity contribution in [2.75, 3.05) is 58.4 Å². The van der Waals surface area contributed by atoms with Crippen molar-refractivity contribution in [2.24, 2.45) is 0 Å². The summed E-state index contributed by atoms with van der Waals surface area (Å²) in [6.45, 7) is 6.93. The molecule has 1 heterocycles. The lowest BCUT2D eigenvalue weighted by Gasteiger charge is -2.25. The largest absolute Gasteiger partial charge is 0.497 e. The number of anilines is 1. The number of sulfonamides is 1. The number of methoxy groups -OCH3 is 2. The first-order chi connectivity index (χ1) is 15.8. The highest BCUT2D eigenvalue weighted by molar-refractivity contribution is 7.89. The van der Waals surface area contributed by atoms with Gasteiger partial charge in [0.25, 0.3) is 5.91 Å². The van der Waals surface area contributed by atoms with E-state index in [4.69, 9.17) is 9.47 Å². The molecule has 0 aromatic heterocycles. The average Bonchev–Trinajstić information content (AvgIpc) is 3.10. The maximum absolute atomic E-state index is 13.4. The van der Waals surface area contributed by atoms with E-state index in [1.165, 1.54) is 23.5 Å². The number of hydrogen-bond donors (Lipinski definition) is 0.